The van der Waals surface area contributed by atoms with Crippen LogP contribution in [0, 0.1) is 36.9 Å². The van der Waals surface area contributed by atoms with E-state index in [-0.39, 0.29) is 36.9 Å². The van der Waals surface area contributed by atoms with Gasteiger partial charge in [-0.1, -0.05) is 0 Å². The largest absolute Gasteiger partial charge is 0.481 e. The molecule has 0 saturated carbocycles. The first-order valence-corrected chi connectivity index (χ1v) is 5.03. The van der Waals surface area contributed by atoms with E-state index in [0.29, 0.717) is 13.1 Å². The normalized spacial score (nSPS) is 6.19. The van der Waals surface area contributed by atoms with Crippen LogP contribution in [0.1, 0.15) is 27.7 Å². The Morgan fingerprint density at radius 1 is 0.619 bits per heavy atom. The first-order valence-electron chi connectivity index (χ1n) is 5.03. The summed E-state index contributed by atoms with van der Waals surface area (Å²) in [7, 11) is 0. The van der Waals surface area contributed by atoms with E-state index in [4.69, 9.17) is 51.1 Å². The predicted octanol–water partition coefficient (Wildman–Crippen LogP) is -0.733. The first-order chi connectivity index (χ1) is 8.84. The molecule has 0 aliphatic rings. The van der Waals surface area contributed by atoms with Gasteiger partial charge in [0.05, 0.1) is 0 Å². The molecule has 0 aliphatic carbocycles. The topological polar surface area (TPSA) is 201 Å². The van der Waals surface area contributed by atoms with Gasteiger partial charge in [0.15, 0.2) is 0 Å². The maximum absolute atomic E-state index is 9.00. The molecule has 0 unspecified atom stereocenters. The van der Waals surface area contributed by atoms with E-state index < -0.39 is 23.9 Å². The van der Waals surface area contributed by atoms with Gasteiger partial charge in [-0.15, -0.1) is 0 Å². The quantitative estimate of drug-likeness (QED) is 0.284. The Balaban J connectivity index is -0.0000000331. The van der Waals surface area contributed by atoms with E-state index in [1.807, 2.05) is 0 Å². The van der Waals surface area contributed by atoms with Gasteiger partial charge in [0.25, 0.3) is 23.9 Å². The van der Waals surface area contributed by atoms with Crippen molar-refractivity contribution in [2.45, 2.75) is 27.7 Å². The van der Waals surface area contributed by atoms with Crippen molar-refractivity contribution in [3.63, 3.8) is 0 Å². The molecular weight excluding hydrogens is 445 g/mol. The van der Waals surface area contributed by atoms with Crippen LogP contribution in [0.15, 0.2) is 0 Å². The van der Waals surface area contributed by atoms with E-state index in [2.05, 4.69) is 0 Å². The molecule has 135 valence electrons. The third-order valence-electron chi connectivity index (χ3n) is 0.167. The molecule has 0 saturated heterocycles. The molecular formula is C10H24N2O8Tm. The Kier molecular flexibility index (Phi) is 63.9. The van der Waals surface area contributed by atoms with Gasteiger partial charge in [0.1, 0.15) is 0 Å². The van der Waals surface area contributed by atoms with Crippen LogP contribution in [-0.4, -0.2) is 57.4 Å². The number of carboxylic acid groups (broad SMARTS) is 4. The Morgan fingerprint density at radius 2 is 0.667 bits per heavy atom. The number of hydrogen-bond donors (Lipinski definition) is 6. The van der Waals surface area contributed by atoms with Gasteiger partial charge in [-0.3, -0.25) is 19.2 Å². The minimum Gasteiger partial charge on any atom is -0.481 e. The summed E-state index contributed by atoms with van der Waals surface area (Å²) < 4.78 is 0. The van der Waals surface area contributed by atoms with Crippen LogP contribution in [0.25, 0.3) is 0 Å². The monoisotopic (exact) mass is 469 g/mol. The van der Waals surface area contributed by atoms with Gasteiger partial charge in [-0.05, 0) is 0 Å². The fourth-order valence-electron chi connectivity index (χ4n) is 0. The second kappa shape index (κ2) is 36.4. The number of rotatable bonds is 1. The second-order valence-corrected chi connectivity index (χ2v) is 2.65. The molecule has 8 N–H and O–H groups in total. The van der Waals surface area contributed by atoms with Crippen molar-refractivity contribution in [2.75, 3.05) is 13.1 Å². The van der Waals surface area contributed by atoms with E-state index >= 15 is 0 Å². The van der Waals surface area contributed by atoms with Crippen LogP contribution >= 0.6 is 0 Å². The molecule has 10 nitrogen and oxygen atoms in total. The summed E-state index contributed by atoms with van der Waals surface area (Å²) in [5.41, 5.74) is 9.81. The van der Waals surface area contributed by atoms with Crippen LogP contribution in [-0.2, 0) is 19.2 Å². The minimum atomic E-state index is -0.833. The summed E-state index contributed by atoms with van der Waals surface area (Å²) in [5.74, 6) is -3.33. The molecule has 0 fully saturated rings. The molecule has 0 rings (SSSR count). The minimum absolute atomic E-state index is 0. The molecule has 11 heteroatoms. The van der Waals surface area contributed by atoms with Crippen molar-refractivity contribution in [2.24, 2.45) is 11.5 Å². The number of carboxylic acids is 4. The number of nitrogens with two attached hydrogens (primary N) is 2. The summed E-state index contributed by atoms with van der Waals surface area (Å²) in [6.07, 6.45) is 0. The smallest absolute Gasteiger partial charge is 0.300 e. The van der Waals surface area contributed by atoms with E-state index in [9.17, 15) is 0 Å². The van der Waals surface area contributed by atoms with Crippen molar-refractivity contribution in [3.8, 4) is 0 Å². The maximum atomic E-state index is 9.00. The second-order valence-electron chi connectivity index (χ2n) is 2.65. The van der Waals surface area contributed by atoms with Gasteiger partial charge >= 0.3 is 0 Å². The SMILES string of the molecule is CC(=O)O.CC(=O)O.CC(=O)O.CC(=O)O.NCCN.[Tm]. The molecule has 21 heavy (non-hydrogen) atoms. The van der Waals surface area contributed by atoms with Crippen LogP contribution < -0.4 is 11.5 Å². The molecule has 0 atom stereocenters. The van der Waals surface area contributed by atoms with E-state index in [0.717, 1.165) is 27.7 Å². The fourth-order valence-corrected chi connectivity index (χ4v) is 0. The summed E-state index contributed by atoms with van der Waals surface area (Å²) in [6, 6.07) is 0. The molecule has 0 aliphatic heterocycles. The van der Waals surface area contributed by atoms with E-state index in [1.165, 1.54) is 0 Å². The molecule has 0 aromatic heterocycles. The Hall–Kier alpha value is -0.966. The van der Waals surface area contributed by atoms with Crippen molar-refractivity contribution in [3.05, 3.63) is 0 Å². The fraction of sp³-hybridized carbons (Fsp3) is 0.600. The summed E-state index contributed by atoms with van der Waals surface area (Å²) in [6.45, 7) is 5.53. The third-order valence-corrected chi connectivity index (χ3v) is 0.167. The molecule has 1 radical (unpaired) electrons. The molecule has 0 amide bonds. The molecule has 0 bridgehead atoms. The average Bonchev–Trinajstić information content (AvgIpc) is 2.13. The van der Waals surface area contributed by atoms with Crippen molar-refractivity contribution < 1.29 is 76.5 Å². The van der Waals surface area contributed by atoms with Gasteiger partial charge in [-0.2, -0.15) is 0 Å². The Bertz CT molecular complexity index is 195. The first kappa shape index (κ1) is 36.9. The van der Waals surface area contributed by atoms with E-state index in [1.54, 1.807) is 0 Å². The number of aliphatic carboxylic acids is 4. The van der Waals surface area contributed by atoms with Gasteiger partial charge in [0.2, 0.25) is 0 Å². The summed E-state index contributed by atoms with van der Waals surface area (Å²) in [5, 5.41) is 29.7. The van der Waals surface area contributed by atoms with Crippen molar-refractivity contribution >= 4 is 23.9 Å². The zero-order valence-electron chi connectivity index (χ0n) is 12.3. The number of hydrogen-bond acceptors (Lipinski definition) is 6. The van der Waals surface area contributed by atoms with Gasteiger partial charge < -0.3 is 31.9 Å². The molecule has 0 heterocycles. The maximum Gasteiger partial charge on any atom is 0.300 e. The number of carbonyl (C=O) groups is 4. The van der Waals surface area contributed by atoms with Crippen LogP contribution in [0.4, 0.5) is 0 Å². The van der Waals surface area contributed by atoms with Gasteiger partial charge in [0, 0.05) is 77.7 Å². The summed E-state index contributed by atoms with van der Waals surface area (Å²) >= 11 is 0. The molecule has 0 aromatic rings. The van der Waals surface area contributed by atoms with Crippen LogP contribution in [0.5, 0.6) is 0 Å². The summed E-state index contributed by atoms with van der Waals surface area (Å²) in [4.78, 5) is 36.0. The average molecular weight is 469 g/mol. The van der Waals surface area contributed by atoms with Crippen molar-refractivity contribution in [1.29, 1.82) is 0 Å². The standard InChI is InChI=1S/C2H8N2.4C2H4O2.Tm/c3-1-2-4;4*1-2(3)4;/h1-4H2;4*1H3,(H,3,4);. The Morgan fingerprint density at radius 3 is 0.667 bits per heavy atom. The zero-order chi connectivity index (χ0) is 17.7. The molecule has 0 aromatic carbocycles. The van der Waals surface area contributed by atoms with Crippen LogP contribution in [0.3, 0.4) is 0 Å². The zero-order valence-corrected chi connectivity index (χ0v) is 14.0. The van der Waals surface area contributed by atoms with Crippen molar-refractivity contribution in [1.82, 2.24) is 0 Å². The van der Waals surface area contributed by atoms with Gasteiger partial charge in [-0.25, -0.2) is 0 Å². The predicted molar refractivity (Wildman–Crippen MR) is 71.3 cm³/mol. The third kappa shape index (κ3) is 4840000. The van der Waals surface area contributed by atoms with Crippen LogP contribution in [0.2, 0.25) is 0 Å². The Labute approximate surface area is 152 Å². The molecule has 0 spiro atoms.